The Labute approximate surface area is 95.1 Å². The predicted octanol–water partition coefficient (Wildman–Crippen LogP) is 1.39. The van der Waals surface area contributed by atoms with E-state index in [1.807, 2.05) is 42.9 Å². The Morgan fingerprint density at radius 2 is 2.12 bits per heavy atom. The van der Waals surface area contributed by atoms with Crippen LogP contribution in [-0.2, 0) is 6.42 Å². The number of nitrogens with zero attached hydrogens (tertiary/aromatic N) is 3. The molecule has 0 aromatic carbocycles. The smallest absolute Gasteiger partial charge is 0.153 e. The number of nitrogens with two attached hydrogens (primary N) is 1. The van der Waals surface area contributed by atoms with E-state index < -0.39 is 0 Å². The van der Waals surface area contributed by atoms with Crippen LogP contribution in [0.1, 0.15) is 17.0 Å². The third-order valence-corrected chi connectivity index (χ3v) is 2.47. The van der Waals surface area contributed by atoms with Gasteiger partial charge in [0.15, 0.2) is 5.82 Å². The van der Waals surface area contributed by atoms with E-state index in [1.165, 1.54) is 0 Å². The molecular formula is C12H16N4. The van der Waals surface area contributed by atoms with Crippen LogP contribution < -0.4 is 5.73 Å². The first kappa shape index (κ1) is 10.8. The van der Waals surface area contributed by atoms with Gasteiger partial charge in [-0.3, -0.25) is 0 Å². The van der Waals surface area contributed by atoms with E-state index in [4.69, 9.17) is 5.73 Å². The molecule has 2 aromatic heterocycles. The van der Waals surface area contributed by atoms with E-state index in [-0.39, 0.29) is 0 Å². The van der Waals surface area contributed by atoms with Crippen LogP contribution >= 0.6 is 0 Å². The van der Waals surface area contributed by atoms with Crippen LogP contribution in [0, 0.1) is 13.8 Å². The number of hydrogen-bond acceptors (Lipinski definition) is 3. The Bertz CT molecular complexity index is 470. The van der Waals surface area contributed by atoms with Crippen LogP contribution in [0.2, 0.25) is 0 Å². The van der Waals surface area contributed by atoms with E-state index in [0.29, 0.717) is 6.54 Å². The zero-order chi connectivity index (χ0) is 11.5. The van der Waals surface area contributed by atoms with Crippen molar-refractivity contribution in [3.63, 3.8) is 0 Å². The normalized spacial score (nSPS) is 10.7. The van der Waals surface area contributed by atoms with Gasteiger partial charge in [-0.15, -0.1) is 0 Å². The van der Waals surface area contributed by atoms with Crippen LogP contribution in [0.4, 0.5) is 0 Å². The van der Waals surface area contributed by atoms with Crippen molar-refractivity contribution < 1.29 is 0 Å². The Kier molecular flexibility index (Phi) is 3.01. The highest BCUT2D eigenvalue weighted by Gasteiger charge is 2.04. The average Bonchev–Trinajstić information content (AvgIpc) is 2.59. The topological polar surface area (TPSA) is 56.7 Å². The van der Waals surface area contributed by atoms with Crippen molar-refractivity contribution in [2.24, 2.45) is 5.73 Å². The molecule has 0 fully saturated rings. The maximum atomic E-state index is 5.49. The fourth-order valence-corrected chi connectivity index (χ4v) is 1.72. The summed E-state index contributed by atoms with van der Waals surface area (Å²) in [5, 5.41) is 4.39. The fraction of sp³-hybridized carbons (Fsp3) is 0.333. The number of hydrogen-bond donors (Lipinski definition) is 1. The second-order valence-corrected chi connectivity index (χ2v) is 3.90. The second-order valence-electron chi connectivity index (χ2n) is 3.90. The van der Waals surface area contributed by atoms with Crippen molar-refractivity contribution in [2.75, 3.05) is 6.54 Å². The molecule has 0 unspecified atom stereocenters. The van der Waals surface area contributed by atoms with Crippen molar-refractivity contribution in [2.45, 2.75) is 20.3 Å². The molecule has 0 aliphatic rings. The molecule has 0 saturated carbocycles. The molecule has 2 rings (SSSR count). The summed E-state index contributed by atoms with van der Waals surface area (Å²) >= 11 is 0. The molecule has 0 amide bonds. The van der Waals surface area contributed by atoms with Crippen molar-refractivity contribution in [3.8, 4) is 5.82 Å². The highest BCUT2D eigenvalue weighted by molar-refractivity contribution is 5.27. The van der Waals surface area contributed by atoms with Gasteiger partial charge in [0.25, 0.3) is 0 Å². The summed E-state index contributed by atoms with van der Waals surface area (Å²) in [5.41, 5.74) is 8.75. The minimum Gasteiger partial charge on any atom is -0.330 e. The van der Waals surface area contributed by atoms with Crippen LogP contribution in [0.5, 0.6) is 0 Å². The molecule has 4 heteroatoms. The first-order valence-corrected chi connectivity index (χ1v) is 5.39. The molecule has 84 valence electrons. The summed E-state index contributed by atoms with van der Waals surface area (Å²) in [6.45, 7) is 4.66. The largest absolute Gasteiger partial charge is 0.330 e. The quantitative estimate of drug-likeness (QED) is 0.843. The van der Waals surface area contributed by atoms with Gasteiger partial charge in [-0.1, -0.05) is 6.07 Å². The number of aromatic nitrogens is 3. The summed E-state index contributed by atoms with van der Waals surface area (Å²) < 4.78 is 1.85. The molecular weight excluding hydrogens is 200 g/mol. The molecule has 2 N–H and O–H groups in total. The van der Waals surface area contributed by atoms with Gasteiger partial charge in [0.1, 0.15) is 0 Å². The Morgan fingerprint density at radius 3 is 2.62 bits per heavy atom. The van der Waals surface area contributed by atoms with Gasteiger partial charge in [0.05, 0.1) is 5.69 Å². The molecule has 0 spiro atoms. The molecule has 0 atom stereocenters. The van der Waals surface area contributed by atoms with Gasteiger partial charge in [0.2, 0.25) is 0 Å². The number of pyridine rings is 1. The van der Waals surface area contributed by atoms with Crippen LogP contribution in [0.25, 0.3) is 5.82 Å². The molecule has 4 nitrogen and oxygen atoms in total. The lowest BCUT2D eigenvalue weighted by molar-refractivity contribution is 0.802. The summed E-state index contributed by atoms with van der Waals surface area (Å²) in [5.74, 6) is 0.853. The van der Waals surface area contributed by atoms with Crippen LogP contribution in [0.3, 0.4) is 0 Å². The molecule has 2 heterocycles. The van der Waals surface area contributed by atoms with E-state index in [0.717, 1.165) is 29.2 Å². The lowest BCUT2D eigenvalue weighted by atomic mass is 10.2. The van der Waals surface area contributed by atoms with E-state index >= 15 is 0 Å². The molecule has 0 aliphatic heterocycles. The van der Waals surface area contributed by atoms with Gasteiger partial charge in [0, 0.05) is 11.9 Å². The zero-order valence-electron chi connectivity index (χ0n) is 9.64. The van der Waals surface area contributed by atoms with Crippen LogP contribution in [-0.4, -0.2) is 21.3 Å². The van der Waals surface area contributed by atoms with E-state index in [1.54, 1.807) is 0 Å². The SMILES string of the molecule is Cc1cc(C)n(-c2ccc(CCN)cn2)n1. The molecule has 0 aliphatic carbocycles. The first-order valence-electron chi connectivity index (χ1n) is 5.39. The van der Waals surface area contributed by atoms with Gasteiger partial charge in [-0.05, 0) is 44.5 Å². The fourth-order valence-electron chi connectivity index (χ4n) is 1.72. The van der Waals surface area contributed by atoms with Crippen molar-refractivity contribution in [1.29, 1.82) is 0 Å². The summed E-state index contributed by atoms with van der Waals surface area (Å²) in [7, 11) is 0. The van der Waals surface area contributed by atoms with E-state index in [9.17, 15) is 0 Å². The molecule has 16 heavy (non-hydrogen) atoms. The van der Waals surface area contributed by atoms with Crippen LogP contribution in [0.15, 0.2) is 24.4 Å². The second kappa shape index (κ2) is 4.45. The zero-order valence-corrected chi connectivity index (χ0v) is 9.64. The lowest BCUT2D eigenvalue weighted by Gasteiger charge is -2.04. The number of aryl methyl sites for hydroxylation is 2. The molecule has 2 aromatic rings. The summed E-state index contributed by atoms with van der Waals surface area (Å²) in [6.07, 6.45) is 2.73. The Morgan fingerprint density at radius 1 is 1.31 bits per heavy atom. The maximum Gasteiger partial charge on any atom is 0.153 e. The summed E-state index contributed by atoms with van der Waals surface area (Å²) in [6, 6.07) is 6.06. The van der Waals surface area contributed by atoms with Gasteiger partial charge >= 0.3 is 0 Å². The number of rotatable bonds is 3. The standard InChI is InChI=1S/C12H16N4/c1-9-7-10(2)16(15-9)12-4-3-11(5-6-13)8-14-12/h3-4,7-8H,5-6,13H2,1-2H3. The molecule has 0 saturated heterocycles. The monoisotopic (exact) mass is 216 g/mol. The van der Waals surface area contributed by atoms with Gasteiger partial charge in [-0.2, -0.15) is 5.10 Å². The third kappa shape index (κ3) is 2.12. The minimum atomic E-state index is 0.654. The lowest BCUT2D eigenvalue weighted by Crippen LogP contribution is -2.05. The molecule has 0 bridgehead atoms. The van der Waals surface area contributed by atoms with Crippen molar-refractivity contribution in [3.05, 3.63) is 41.3 Å². The van der Waals surface area contributed by atoms with E-state index in [2.05, 4.69) is 10.1 Å². The third-order valence-electron chi connectivity index (χ3n) is 2.47. The maximum absolute atomic E-state index is 5.49. The Hall–Kier alpha value is -1.68. The highest BCUT2D eigenvalue weighted by Crippen LogP contribution is 2.10. The Balaban J connectivity index is 2.31. The summed E-state index contributed by atoms with van der Waals surface area (Å²) in [4.78, 5) is 4.39. The molecule has 0 radical (unpaired) electrons. The van der Waals surface area contributed by atoms with Gasteiger partial charge in [-0.25, -0.2) is 9.67 Å². The van der Waals surface area contributed by atoms with Crippen molar-refractivity contribution in [1.82, 2.24) is 14.8 Å². The van der Waals surface area contributed by atoms with Crippen molar-refractivity contribution >= 4 is 0 Å². The minimum absolute atomic E-state index is 0.654. The highest BCUT2D eigenvalue weighted by atomic mass is 15.3. The first-order chi connectivity index (χ1) is 7.70. The average molecular weight is 216 g/mol. The predicted molar refractivity (Wildman–Crippen MR) is 63.6 cm³/mol. The van der Waals surface area contributed by atoms with Gasteiger partial charge < -0.3 is 5.73 Å².